The molecular formula is C10H17N3S. The van der Waals surface area contributed by atoms with Crippen LogP contribution in [0.3, 0.4) is 0 Å². The van der Waals surface area contributed by atoms with E-state index < -0.39 is 0 Å². The minimum absolute atomic E-state index is 0.0367. The van der Waals surface area contributed by atoms with Gasteiger partial charge in [0.05, 0.1) is 0 Å². The zero-order chi connectivity index (χ0) is 10.3. The maximum atomic E-state index is 5.26. The average molecular weight is 211 g/mol. The van der Waals surface area contributed by atoms with Crippen LogP contribution in [0.2, 0.25) is 0 Å². The third-order valence-electron chi connectivity index (χ3n) is 2.84. The van der Waals surface area contributed by atoms with Crippen LogP contribution in [0.25, 0.3) is 0 Å². The van der Waals surface area contributed by atoms with Gasteiger partial charge in [-0.2, -0.15) is 5.10 Å². The molecule has 1 N–H and O–H groups in total. The number of rotatable bonds is 1. The highest BCUT2D eigenvalue weighted by atomic mass is 32.1. The molecule has 0 bridgehead atoms. The molecule has 78 valence electrons. The van der Waals surface area contributed by atoms with Gasteiger partial charge in [-0.25, -0.2) is 0 Å². The molecule has 1 heterocycles. The van der Waals surface area contributed by atoms with Crippen LogP contribution in [0.5, 0.6) is 0 Å². The minimum Gasteiger partial charge on any atom is -0.299 e. The van der Waals surface area contributed by atoms with E-state index in [0.29, 0.717) is 5.92 Å². The van der Waals surface area contributed by atoms with E-state index in [-0.39, 0.29) is 5.54 Å². The largest absolute Gasteiger partial charge is 0.299 e. The number of aromatic amines is 1. The molecule has 1 aliphatic carbocycles. The fraction of sp³-hybridized carbons (Fsp3) is 0.800. The van der Waals surface area contributed by atoms with Gasteiger partial charge >= 0.3 is 0 Å². The van der Waals surface area contributed by atoms with Crippen molar-refractivity contribution in [2.24, 2.45) is 0 Å². The number of aromatic nitrogens is 3. The van der Waals surface area contributed by atoms with Crippen molar-refractivity contribution in [1.29, 1.82) is 0 Å². The van der Waals surface area contributed by atoms with Crippen molar-refractivity contribution in [2.45, 2.75) is 51.5 Å². The lowest BCUT2D eigenvalue weighted by Gasteiger charge is -2.30. The average Bonchev–Trinajstić information content (AvgIpc) is 2.26. The molecule has 0 aliphatic heterocycles. The summed E-state index contributed by atoms with van der Waals surface area (Å²) in [5.74, 6) is 1.77. The first kappa shape index (κ1) is 9.90. The maximum absolute atomic E-state index is 5.26. The highest BCUT2D eigenvalue weighted by Gasteiger charge is 2.28. The van der Waals surface area contributed by atoms with Crippen molar-refractivity contribution in [1.82, 2.24) is 14.8 Å². The number of hydrogen-bond acceptors (Lipinski definition) is 2. The number of nitrogens with zero attached hydrogens (tertiary/aromatic N) is 2. The van der Waals surface area contributed by atoms with Crippen LogP contribution >= 0.6 is 12.2 Å². The second-order valence-corrected chi connectivity index (χ2v) is 5.41. The zero-order valence-corrected chi connectivity index (χ0v) is 9.82. The summed E-state index contributed by atoms with van der Waals surface area (Å²) in [7, 11) is 0. The van der Waals surface area contributed by atoms with E-state index in [2.05, 4.69) is 35.5 Å². The Morgan fingerprint density at radius 1 is 1.43 bits per heavy atom. The molecule has 0 radical (unpaired) electrons. The summed E-state index contributed by atoms with van der Waals surface area (Å²) in [5, 5.41) is 7.26. The first-order chi connectivity index (χ1) is 6.50. The van der Waals surface area contributed by atoms with Crippen LogP contribution in [0.15, 0.2) is 0 Å². The number of hydrogen-bond donors (Lipinski definition) is 1. The first-order valence-electron chi connectivity index (χ1n) is 5.18. The SMILES string of the molecule is CC(C)(C)n1c(C2CCC2)n[nH]c1=S. The zero-order valence-electron chi connectivity index (χ0n) is 9.00. The predicted molar refractivity (Wildman–Crippen MR) is 59.0 cm³/mol. The molecule has 0 aromatic carbocycles. The van der Waals surface area contributed by atoms with Crippen molar-refractivity contribution in [3.8, 4) is 0 Å². The van der Waals surface area contributed by atoms with Gasteiger partial charge in [0.25, 0.3) is 0 Å². The van der Waals surface area contributed by atoms with E-state index in [9.17, 15) is 0 Å². The van der Waals surface area contributed by atoms with Crippen LogP contribution in [-0.2, 0) is 5.54 Å². The van der Waals surface area contributed by atoms with Crippen molar-refractivity contribution in [2.75, 3.05) is 0 Å². The van der Waals surface area contributed by atoms with E-state index in [1.54, 1.807) is 0 Å². The highest BCUT2D eigenvalue weighted by Crippen LogP contribution is 2.36. The van der Waals surface area contributed by atoms with E-state index in [1.807, 2.05) is 0 Å². The Labute approximate surface area is 89.5 Å². The summed E-state index contributed by atoms with van der Waals surface area (Å²) in [5.41, 5.74) is 0.0367. The Hall–Kier alpha value is -0.640. The molecule has 1 fully saturated rings. The lowest BCUT2D eigenvalue weighted by molar-refractivity contribution is 0.326. The topological polar surface area (TPSA) is 33.6 Å². The van der Waals surface area contributed by atoms with E-state index >= 15 is 0 Å². The van der Waals surface area contributed by atoms with Gasteiger partial charge < -0.3 is 0 Å². The molecule has 0 atom stereocenters. The predicted octanol–water partition coefficient (Wildman–Crippen LogP) is 2.96. The van der Waals surface area contributed by atoms with Crippen LogP contribution in [0.1, 0.15) is 51.8 Å². The van der Waals surface area contributed by atoms with Crippen molar-refractivity contribution >= 4 is 12.2 Å². The maximum Gasteiger partial charge on any atom is 0.195 e. The molecule has 1 saturated carbocycles. The molecule has 2 rings (SSSR count). The van der Waals surface area contributed by atoms with Crippen molar-refractivity contribution < 1.29 is 0 Å². The van der Waals surface area contributed by atoms with Gasteiger partial charge in [0.2, 0.25) is 0 Å². The van der Waals surface area contributed by atoms with Crippen LogP contribution in [-0.4, -0.2) is 14.8 Å². The minimum atomic E-state index is 0.0367. The van der Waals surface area contributed by atoms with Gasteiger partial charge in [-0.05, 0) is 45.8 Å². The Kier molecular flexibility index (Phi) is 2.26. The molecule has 1 aromatic rings. The third kappa shape index (κ3) is 1.52. The third-order valence-corrected chi connectivity index (χ3v) is 3.11. The van der Waals surface area contributed by atoms with E-state index in [0.717, 1.165) is 10.6 Å². The fourth-order valence-corrected chi connectivity index (χ4v) is 2.31. The standard InChI is InChI=1S/C10H17N3S/c1-10(2,3)13-8(7-5-4-6-7)11-12-9(13)14/h7H,4-6H2,1-3H3,(H,12,14). The second kappa shape index (κ2) is 3.19. The van der Waals surface area contributed by atoms with Crippen molar-refractivity contribution in [3.63, 3.8) is 0 Å². The summed E-state index contributed by atoms with van der Waals surface area (Å²) in [6.45, 7) is 6.50. The van der Waals surface area contributed by atoms with Gasteiger partial charge in [0.15, 0.2) is 4.77 Å². The van der Waals surface area contributed by atoms with E-state index in [1.165, 1.54) is 19.3 Å². The van der Waals surface area contributed by atoms with Gasteiger partial charge in [-0.3, -0.25) is 9.67 Å². The van der Waals surface area contributed by atoms with Crippen LogP contribution in [0, 0.1) is 4.77 Å². The molecule has 0 amide bonds. The van der Waals surface area contributed by atoms with Gasteiger partial charge in [-0.1, -0.05) is 6.42 Å². The Morgan fingerprint density at radius 2 is 2.07 bits per heavy atom. The summed E-state index contributed by atoms with van der Waals surface area (Å²) >= 11 is 5.26. The summed E-state index contributed by atoms with van der Waals surface area (Å²) in [6.07, 6.45) is 3.85. The smallest absolute Gasteiger partial charge is 0.195 e. The van der Waals surface area contributed by atoms with E-state index in [4.69, 9.17) is 12.2 Å². The fourth-order valence-electron chi connectivity index (χ4n) is 1.90. The molecule has 14 heavy (non-hydrogen) atoms. The number of nitrogens with one attached hydrogen (secondary N) is 1. The van der Waals surface area contributed by atoms with Gasteiger partial charge in [0.1, 0.15) is 5.82 Å². The summed E-state index contributed by atoms with van der Waals surface area (Å²) < 4.78 is 2.91. The summed E-state index contributed by atoms with van der Waals surface area (Å²) in [6, 6.07) is 0. The van der Waals surface area contributed by atoms with Gasteiger partial charge in [0, 0.05) is 11.5 Å². The summed E-state index contributed by atoms with van der Waals surface area (Å²) in [4.78, 5) is 0. The highest BCUT2D eigenvalue weighted by molar-refractivity contribution is 7.71. The molecule has 1 aliphatic rings. The van der Waals surface area contributed by atoms with Crippen LogP contribution in [0.4, 0.5) is 0 Å². The quantitative estimate of drug-likeness (QED) is 0.725. The molecular weight excluding hydrogens is 194 g/mol. The van der Waals surface area contributed by atoms with Gasteiger partial charge in [-0.15, -0.1) is 0 Å². The molecule has 1 aromatic heterocycles. The molecule has 4 heteroatoms. The lowest BCUT2D eigenvalue weighted by atomic mass is 9.84. The molecule has 0 spiro atoms. The lowest BCUT2D eigenvalue weighted by Crippen LogP contribution is -2.27. The first-order valence-corrected chi connectivity index (χ1v) is 5.59. The second-order valence-electron chi connectivity index (χ2n) is 5.02. The van der Waals surface area contributed by atoms with Crippen LogP contribution < -0.4 is 0 Å². The van der Waals surface area contributed by atoms with Crippen molar-refractivity contribution in [3.05, 3.63) is 10.6 Å². The normalized spacial score (nSPS) is 18.2. The molecule has 0 saturated heterocycles. The Morgan fingerprint density at radius 3 is 2.50 bits per heavy atom. The monoisotopic (exact) mass is 211 g/mol. The molecule has 0 unspecified atom stereocenters. The number of H-pyrrole nitrogens is 1. The molecule has 3 nitrogen and oxygen atoms in total. The Balaban J connectivity index is 2.45. The Bertz CT molecular complexity index is 379.